The molecule has 0 heterocycles. The Kier molecular flexibility index (Phi) is 5.02. The number of ether oxygens (including phenoxy) is 1. The van der Waals surface area contributed by atoms with Gasteiger partial charge in [0.15, 0.2) is 0 Å². The Bertz CT molecular complexity index is 189. The highest BCUT2D eigenvalue weighted by molar-refractivity contribution is 6.11. The van der Waals surface area contributed by atoms with Gasteiger partial charge >= 0.3 is 6.09 Å². The van der Waals surface area contributed by atoms with E-state index in [0.29, 0.717) is 6.54 Å². The molecule has 0 aliphatic carbocycles. The summed E-state index contributed by atoms with van der Waals surface area (Å²) >= 11 is 0. The van der Waals surface area contributed by atoms with Crippen molar-refractivity contribution in [1.29, 1.82) is 0 Å². The van der Waals surface area contributed by atoms with Crippen LogP contribution in [0.1, 0.15) is 34.1 Å². The second-order valence-electron chi connectivity index (χ2n) is 4.53. The molecule has 0 aliphatic heterocycles. The maximum absolute atomic E-state index is 11.5. The third-order valence-corrected chi connectivity index (χ3v) is 1.74. The molecule has 1 atom stereocenters. The first kappa shape index (κ1) is 13.3. The molecule has 4 heteroatoms. The van der Waals surface area contributed by atoms with Gasteiger partial charge in [0.2, 0.25) is 0 Å². The van der Waals surface area contributed by atoms with E-state index in [2.05, 4.69) is 0 Å². The third kappa shape index (κ3) is 5.89. The molecule has 0 aromatic carbocycles. The average molecular weight is 197 g/mol. The third-order valence-electron chi connectivity index (χ3n) is 1.74. The van der Waals surface area contributed by atoms with E-state index >= 15 is 0 Å². The fraction of sp³-hybridized carbons (Fsp3) is 0.900. The van der Waals surface area contributed by atoms with E-state index in [9.17, 15) is 4.79 Å². The molecule has 80 valence electrons. The maximum Gasteiger partial charge on any atom is 0.409 e. The van der Waals surface area contributed by atoms with Crippen LogP contribution in [-0.2, 0) is 4.74 Å². The van der Waals surface area contributed by atoms with Gasteiger partial charge in [0.25, 0.3) is 0 Å². The zero-order valence-corrected chi connectivity index (χ0v) is 9.83. The van der Waals surface area contributed by atoms with Gasteiger partial charge in [-0.3, -0.25) is 0 Å². The van der Waals surface area contributed by atoms with Crippen LogP contribution >= 0.6 is 0 Å². The molecule has 0 saturated carbocycles. The largest absolute Gasteiger partial charge is 0.444 e. The molecule has 1 unspecified atom stereocenters. The summed E-state index contributed by atoms with van der Waals surface area (Å²) in [6.45, 7) is 8.06. The highest BCUT2D eigenvalue weighted by Crippen LogP contribution is 2.11. The molecule has 0 N–H and O–H groups in total. The van der Waals surface area contributed by atoms with Gasteiger partial charge in [-0.05, 0) is 20.8 Å². The van der Waals surface area contributed by atoms with E-state index in [0.717, 1.165) is 6.42 Å². The number of amides is 1. The van der Waals surface area contributed by atoms with Gasteiger partial charge < -0.3 is 9.64 Å². The minimum atomic E-state index is -0.443. The van der Waals surface area contributed by atoms with Crippen LogP contribution in [0, 0.1) is 0 Å². The fourth-order valence-electron chi connectivity index (χ4n) is 0.895. The number of hydrogen-bond acceptors (Lipinski definition) is 2. The van der Waals surface area contributed by atoms with Crippen LogP contribution in [-0.4, -0.2) is 38.0 Å². The van der Waals surface area contributed by atoms with Gasteiger partial charge in [-0.1, -0.05) is 19.2 Å². The SMILES string of the molecule is [B]C(CC)CN(C)C(=O)OC(C)(C)C. The van der Waals surface area contributed by atoms with E-state index in [1.165, 1.54) is 4.90 Å². The molecule has 0 aromatic heterocycles. The van der Waals surface area contributed by atoms with Gasteiger partial charge in [-0.25, -0.2) is 4.79 Å². The molecule has 0 spiro atoms. The van der Waals surface area contributed by atoms with E-state index < -0.39 is 5.60 Å². The van der Waals surface area contributed by atoms with Gasteiger partial charge in [0.05, 0.1) is 7.85 Å². The van der Waals surface area contributed by atoms with E-state index in [4.69, 9.17) is 12.6 Å². The molecular weight excluding hydrogens is 177 g/mol. The lowest BCUT2D eigenvalue weighted by molar-refractivity contribution is 0.0297. The van der Waals surface area contributed by atoms with Crippen LogP contribution in [0.4, 0.5) is 4.79 Å². The van der Waals surface area contributed by atoms with Crippen LogP contribution in [0.15, 0.2) is 0 Å². The summed E-state index contributed by atoms with van der Waals surface area (Å²) in [5.41, 5.74) is -0.443. The van der Waals surface area contributed by atoms with Crippen molar-refractivity contribution in [3.8, 4) is 0 Å². The number of carbonyl (C=O) groups excluding carboxylic acids is 1. The predicted molar refractivity (Wildman–Crippen MR) is 58.7 cm³/mol. The van der Waals surface area contributed by atoms with Crippen molar-refractivity contribution >= 4 is 13.9 Å². The summed E-state index contributed by atoms with van der Waals surface area (Å²) in [6, 6.07) is 0. The topological polar surface area (TPSA) is 29.5 Å². The Morgan fingerprint density at radius 1 is 1.50 bits per heavy atom. The van der Waals surface area contributed by atoms with Gasteiger partial charge in [0.1, 0.15) is 5.60 Å². The van der Waals surface area contributed by atoms with Gasteiger partial charge in [-0.2, -0.15) is 0 Å². The zero-order chi connectivity index (χ0) is 11.4. The van der Waals surface area contributed by atoms with Gasteiger partial charge in [-0.15, -0.1) is 0 Å². The Morgan fingerprint density at radius 2 is 2.00 bits per heavy atom. The predicted octanol–water partition coefficient (Wildman–Crippen LogP) is 2.22. The standard InChI is InChI=1S/C10H20BNO2/c1-6-8(11)7-12(5)9(13)14-10(2,3)4/h8H,6-7H2,1-5H3. The molecule has 0 rings (SSSR count). The second-order valence-corrected chi connectivity index (χ2v) is 4.53. The molecule has 0 saturated heterocycles. The van der Waals surface area contributed by atoms with Crippen molar-refractivity contribution < 1.29 is 9.53 Å². The monoisotopic (exact) mass is 197 g/mol. The molecule has 3 nitrogen and oxygen atoms in total. The Morgan fingerprint density at radius 3 is 2.36 bits per heavy atom. The van der Waals surface area contributed by atoms with Crippen molar-refractivity contribution in [2.75, 3.05) is 13.6 Å². The normalized spacial score (nSPS) is 13.5. The molecule has 0 bridgehead atoms. The van der Waals surface area contributed by atoms with Crippen LogP contribution in [0.3, 0.4) is 0 Å². The fourth-order valence-corrected chi connectivity index (χ4v) is 0.895. The highest BCUT2D eigenvalue weighted by Gasteiger charge is 2.19. The minimum Gasteiger partial charge on any atom is -0.444 e. The number of nitrogens with zero attached hydrogens (tertiary/aromatic N) is 1. The van der Waals surface area contributed by atoms with Crippen molar-refractivity contribution in [2.45, 2.75) is 45.5 Å². The summed E-state index contributed by atoms with van der Waals surface area (Å²) in [6.07, 6.45) is 0.536. The highest BCUT2D eigenvalue weighted by atomic mass is 16.6. The van der Waals surface area contributed by atoms with Crippen molar-refractivity contribution in [1.82, 2.24) is 4.90 Å². The van der Waals surface area contributed by atoms with Crippen LogP contribution in [0.5, 0.6) is 0 Å². The Labute approximate surface area is 88.2 Å². The van der Waals surface area contributed by atoms with E-state index in [1.54, 1.807) is 7.05 Å². The first-order chi connectivity index (χ1) is 6.26. The lowest BCUT2D eigenvalue weighted by Crippen LogP contribution is -2.35. The van der Waals surface area contributed by atoms with Crippen LogP contribution < -0.4 is 0 Å². The Balaban J connectivity index is 4.00. The van der Waals surface area contributed by atoms with E-state index in [1.807, 2.05) is 27.7 Å². The molecule has 0 aliphatic rings. The van der Waals surface area contributed by atoms with Crippen molar-refractivity contribution in [3.63, 3.8) is 0 Å². The van der Waals surface area contributed by atoms with E-state index in [-0.39, 0.29) is 11.9 Å². The summed E-state index contributed by atoms with van der Waals surface area (Å²) in [5, 5.41) is 0. The molecule has 14 heavy (non-hydrogen) atoms. The zero-order valence-electron chi connectivity index (χ0n) is 9.83. The van der Waals surface area contributed by atoms with Crippen molar-refractivity contribution in [3.05, 3.63) is 0 Å². The average Bonchev–Trinajstić information content (AvgIpc) is 2.00. The summed E-state index contributed by atoms with van der Waals surface area (Å²) in [7, 11) is 7.42. The summed E-state index contributed by atoms with van der Waals surface area (Å²) in [4.78, 5) is 13.0. The lowest BCUT2D eigenvalue weighted by Gasteiger charge is -2.26. The smallest absolute Gasteiger partial charge is 0.409 e. The maximum atomic E-state index is 11.5. The van der Waals surface area contributed by atoms with Crippen LogP contribution in [0.2, 0.25) is 5.82 Å². The molecule has 2 radical (unpaired) electrons. The molecule has 0 aromatic rings. The second kappa shape index (κ2) is 5.27. The van der Waals surface area contributed by atoms with Crippen LogP contribution in [0.25, 0.3) is 0 Å². The first-order valence-electron chi connectivity index (χ1n) is 4.96. The quantitative estimate of drug-likeness (QED) is 0.649. The Hall–Kier alpha value is -0.665. The van der Waals surface area contributed by atoms with Crippen molar-refractivity contribution in [2.24, 2.45) is 0 Å². The molecule has 0 fully saturated rings. The minimum absolute atomic E-state index is 0.0209. The molecule has 1 amide bonds. The summed E-state index contributed by atoms with van der Waals surface area (Å²) < 4.78 is 5.18. The summed E-state index contributed by atoms with van der Waals surface area (Å²) in [5.74, 6) is 0.0209. The number of carbonyl (C=O) groups is 1. The lowest BCUT2D eigenvalue weighted by atomic mass is 9.85. The number of hydrogen-bond donors (Lipinski definition) is 0. The molecular formula is C10H20BNO2. The van der Waals surface area contributed by atoms with Gasteiger partial charge in [0, 0.05) is 13.6 Å². The first-order valence-corrected chi connectivity index (χ1v) is 4.96. The number of rotatable bonds is 3.